The van der Waals surface area contributed by atoms with E-state index in [2.05, 4.69) is 4.98 Å². The van der Waals surface area contributed by atoms with Gasteiger partial charge in [-0.15, -0.1) is 0 Å². The predicted octanol–water partition coefficient (Wildman–Crippen LogP) is 5.23. The van der Waals surface area contributed by atoms with Gasteiger partial charge in [0.1, 0.15) is 17.4 Å². The van der Waals surface area contributed by atoms with E-state index in [0.29, 0.717) is 35.5 Å². The molecule has 1 saturated heterocycles. The summed E-state index contributed by atoms with van der Waals surface area (Å²) >= 11 is 0. The first-order valence-electron chi connectivity index (χ1n) is 10.5. The largest absolute Gasteiger partial charge is 0.495 e. The van der Waals surface area contributed by atoms with E-state index in [0.717, 1.165) is 17.7 Å². The van der Waals surface area contributed by atoms with Gasteiger partial charge in [0.25, 0.3) is 0 Å². The van der Waals surface area contributed by atoms with Crippen molar-refractivity contribution in [3.8, 4) is 11.4 Å². The van der Waals surface area contributed by atoms with Crippen LogP contribution in [0.5, 0.6) is 5.75 Å². The molecule has 3 aromatic rings. The van der Waals surface area contributed by atoms with Crippen LogP contribution in [-0.4, -0.2) is 34.0 Å². The molecule has 1 aliphatic rings. The van der Waals surface area contributed by atoms with Crippen molar-refractivity contribution >= 4 is 12.0 Å². The zero-order chi connectivity index (χ0) is 22.8. The highest BCUT2D eigenvalue weighted by Gasteiger charge is 2.28. The van der Waals surface area contributed by atoms with Crippen LogP contribution in [0.25, 0.3) is 11.8 Å². The number of carbonyl (C=O) groups excluding carboxylic acids is 1. The molecule has 4 rings (SSSR count). The lowest BCUT2D eigenvalue weighted by atomic mass is 9.97. The Hall–Kier alpha value is -3.48. The van der Waals surface area contributed by atoms with Gasteiger partial charge < -0.3 is 14.2 Å². The van der Waals surface area contributed by atoms with Crippen molar-refractivity contribution in [3.63, 3.8) is 0 Å². The number of methoxy groups -OCH3 is 1. The average Bonchev–Trinajstić information content (AvgIpc) is 3.22. The smallest absolute Gasteiger partial charge is 0.250 e. The molecule has 1 amide bonds. The molecule has 0 radical (unpaired) electrons. The highest BCUT2D eigenvalue weighted by Crippen LogP contribution is 2.32. The predicted molar refractivity (Wildman–Crippen MR) is 119 cm³/mol. The van der Waals surface area contributed by atoms with E-state index in [1.165, 1.54) is 25.3 Å². The number of hydrogen-bond acceptors (Lipinski definition) is 3. The molecule has 2 aromatic carbocycles. The molecule has 1 aliphatic heterocycles. The van der Waals surface area contributed by atoms with Crippen molar-refractivity contribution < 1.29 is 18.3 Å². The summed E-state index contributed by atoms with van der Waals surface area (Å²) in [4.78, 5) is 19.1. The minimum absolute atomic E-state index is 0.138. The zero-order valence-electron chi connectivity index (χ0n) is 18.3. The number of imidazole rings is 1. The van der Waals surface area contributed by atoms with Gasteiger partial charge in [-0.1, -0.05) is 12.1 Å². The lowest BCUT2D eigenvalue weighted by Crippen LogP contribution is -2.38. The first kappa shape index (κ1) is 21.7. The van der Waals surface area contributed by atoms with Gasteiger partial charge in [-0.3, -0.25) is 4.79 Å². The van der Waals surface area contributed by atoms with Gasteiger partial charge in [0.2, 0.25) is 5.91 Å². The fourth-order valence-electron chi connectivity index (χ4n) is 4.03. The van der Waals surface area contributed by atoms with Crippen LogP contribution in [0.1, 0.15) is 42.6 Å². The van der Waals surface area contributed by atoms with Crippen molar-refractivity contribution in [2.75, 3.05) is 13.7 Å². The second kappa shape index (κ2) is 8.94. The Morgan fingerprint density at radius 1 is 1.19 bits per heavy atom. The number of rotatable bonds is 5. The van der Waals surface area contributed by atoms with Gasteiger partial charge in [-0.2, -0.15) is 0 Å². The first-order chi connectivity index (χ1) is 15.4. The number of hydrogen-bond donors (Lipinski definition) is 0. The molecule has 32 heavy (non-hydrogen) atoms. The van der Waals surface area contributed by atoms with Gasteiger partial charge in [-0.05, 0) is 56.5 Å². The van der Waals surface area contributed by atoms with Crippen LogP contribution in [0.15, 0.2) is 54.5 Å². The van der Waals surface area contributed by atoms with Crippen LogP contribution in [0.2, 0.25) is 0 Å². The molecule has 0 spiro atoms. The Kier molecular flexibility index (Phi) is 6.08. The highest BCUT2D eigenvalue weighted by atomic mass is 19.1. The molecule has 166 valence electrons. The Balaban J connectivity index is 1.64. The van der Waals surface area contributed by atoms with Crippen molar-refractivity contribution in [1.82, 2.24) is 14.5 Å². The fraction of sp³-hybridized carbons (Fsp3) is 0.280. The Labute approximate surface area is 186 Å². The maximum atomic E-state index is 15.0. The van der Waals surface area contributed by atoms with Gasteiger partial charge in [0, 0.05) is 29.9 Å². The SMILES string of the molecule is COc1cc(C=C2CCCN([C@@H](C)c3ccc(F)cc3)C2=O)c(F)cc1-n1cnc(C)c1. The standard InChI is InChI=1S/C25H25F2N3O2/c1-16-14-29(15-28-16)23-13-22(27)20(12-24(23)32-3)11-19-5-4-10-30(25(19)31)17(2)18-6-8-21(26)9-7-18/h6-9,11-15,17H,4-5,10H2,1-3H3/t17-/m0/s1. The van der Waals surface area contributed by atoms with E-state index in [1.807, 2.05) is 13.8 Å². The molecular weight excluding hydrogens is 412 g/mol. The van der Waals surface area contributed by atoms with Crippen molar-refractivity contribution in [2.24, 2.45) is 0 Å². The molecule has 0 saturated carbocycles. The molecule has 0 unspecified atom stereocenters. The number of benzene rings is 2. The topological polar surface area (TPSA) is 47.4 Å². The lowest BCUT2D eigenvalue weighted by Gasteiger charge is -2.34. The molecule has 0 bridgehead atoms. The molecule has 2 heterocycles. The number of likely N-dealkylation sites (tertiary alicyclic amines) is 1. The quantitative estimate of drug-likeness (QED) is 0.513. The molecule has 1 fully saturated rings. The Morgan fingerprint density at radius 2 is 1.94 bits per heavy atom. The third-order valence-corrected chi connectivity index (χ3v) is 5.82. The number of carbonyl (C=O) groups is 1. The van der Waals surface area contributed by atoms with Crippen LogP contribution >= 0.6 is 0 Å². The van der Waals surface area contributed by atoms with Crippen molar-refractivity contribution in [1.29, 1.82) is 0 Å². The maximum absolute atomic E-state index is 15.0. The number of aromatic nitrogens is 2. The van der Waals surface area contributed by atoms with E-state index in [-0.39, 0.29) is 17.8 Å². The number of halogens is 2. The number of aryl methyl sites for hydroxylation is 1. The summed E-state index contributed by atoms with van der Waals surface area (Å²) < 4.78 is 35.5. The van der Waals surface area contributed by atoms with Crippen molar-refractivity contribution in [3.05, 3.63) is 83.0 Å². The summed E-state index contributed by atoms with van der Waals surface area (Å²) in [6.45, 7) is 4.37. The maximum Gasteiger partial charge on any atom is 0.250 e. The van der Waals surface area contributed by atoms with Crippen LogP contribution < -0.4 is 4.74 Å². The summed E-state index contributed by atoms with van der Waals surface area (Å²) in [7, 11) is 1.52. The second-order valence-electron chi connectivity index (χ2n) is 7.97. The number of amides is 1. The highest BCUT2D eigenvalue weighted by molar-refractivity contribution is 5.98. The number of nitrogens with zero attached hydrogens (tertiary/aromatic N) is 3. The first-order valence-corrected chi connectivity index (χ1v) is 10.5. The lowest BCUT2D eigenvalue weighted by molar-refractivity contribution is -0.130. The second-order valence-corrected chi connectivity index (χ2v) is 7.97. The Morgan fingerprint density at radius 3 is 2.59 bits per heavy atom. The minimum Gasteiger partial charge on any atom is -0.495 e. The number of ether oxygens (including phenoxy) is 1. The van der Waals surface area contributed by atoms with Gasteiger partial charge in [-0.25, -0.2) is 13.8 Å². The van der Waals surface area contributed by atoms with Crippen molar-refractivity contribution in [2.45, 2.75) is 32.7 Å². The van der Waals surface area contributed by atoms with Crippen LogP contribution in [0.4, 0.5) is 8.78 Å². The molecule has 1 aromatic heterocycles. The molecule has 0 N–H and O–H groups in total. The summed E-state index contributed by atoms with van der Waals surface area (Å²) in [6, 6.07) is 8.93. The summed E-state index contributed by atoms with van der Waals surface area (Å²) in [5, 5.41) is 0. The zero-order valence-corrected chi connectivity index (χ0v) is 18.3. The van der Waals surface area contributed by atoms with E-state index in [1.54, 1.807) is 46.3 Å². The summed E-state index contributed by atoms with van der Waals surface area (Å²) in [5.74, 6) is -0.419. The fourth-order valence-corrected chi connectivity index (χ4v) is 4.03. The van der Waals surface area contributed by atoms with Crippen LogP contribution in [0, 0.1) is 18.6 Å². The molecule has 5 nitrogen and oxygen atoms in total. The third kappa shape index (κ3) is 4.28. The van der Waals surface area contributed by atoms with E-state index in [4.69, 9.17) is 4.74 Å². The normalized spacial score (nSPS) is 16.5. The summed E-state index contributed by atoms with van der Waals surface area (Å²) in [6.07, 6.45) is 6.33. The van der Waals surface area contributed by atoms with E-state index >= 15 is 4.39 Å². The molecule has 0 aliphatic carbocycles. The monoisotopic (exact) mass is 437 g/mol. The third-order valence-electron chi connectivity index (χ3n) is 5.82. The van der Waals surface area contributed by atoms with E-state index in [9.17, 15) is 9.18 Å². The van der Waals surface area contributed by atoms with Crippen LogP contribution in [0.3, 0.4) is 0 Å². The van der Waals surface area contributed by atoms with Crippen LogP contribution in [-0.2, 0) is 4.79 Å². The average molecular weight is 437 g/mol. The molecular formula is C25H25F2N3O2. The van der Waals surface area contributed by atoms with E-state index < -0.39 is 5.82 Å². The van der Waals surface area contributed by atoms with Gasteiger partial charge in [0.05, 0.1) is 30.9 Å². The molecule has 1 atom stereocenters. The summed E-state index contributed by atoms with van der Waals surface area (Å²) in [5.41, 5.74) is 3.03. The molecule has 7 heteroatoms. The van der Waals surface area contributed by atoms with Gasteiger partial charge >= 0.3 is 0 Å². The minimum atomic E-state index is -0.448. The Bertz CT molecular complexity index is 1170. The number of piperidine rings is 1. The van der Waals surface area contributed by atoms with Gasteiger partial charge in [0.15, 0.2) is 0 Å².